The number of anilines is 1. The first-order chi connectivity index (χ1) is 12.0. The molecule has 2 rings (SSSR count). The van der Waals surface area contributed by atoms with Gasteiger partial charge in [0.2, 0.25) is 0 Å². The summed E-state index contributed by atoms with van der Waals surface area (Å²) in [5, 5.41) is 12.3. The lowest BCUT2D eigenvalue weighted by Gasteiger charge is -2.13. The van der Waals surface area contributed by atoms with Crippen LogP contribution in [0.3, 0.4) is 0 Å². The molecule has 2 aromatic carbocycles. The maximum absolute atomic E-state index is 12.5. The molecule has 2 aromatic rings. The maximum atomic E-state index is 12.5. The minimum Gasteiger partial charge on any atom is -0.493 e. The summed E-state index contributed by atoms with van der Waals surface area (Å²) < 4.78 is 10.8. The minimum absolute atomic E-state index is 0.0256. The van der Waals surface area contributed by atoms with Gasteiger partial charge in [0, 0.05) is 16.8 Å². The third-order valence-electron chi connectivity index (χ3n) is 3.26. The second-order valence-corrected chi connectivity index (χ2v) is 5.41. The molecule has 2 N–H and O–H groups in total. The highest BCUT2D eigenvalue weighted by atomic mass is 35.5. The van der Waals surface area contributed by atoms with E-state index in [1.807, 2.05) is 6.92 Å². The van der Waals surface area contributed by atoms with Gasteiger partial charge in [-0.05, 0) is 44.2 Å². The zero-order valence-electron chi connectivity index (χ0n) is 13.8. The van der Waals surface area contributed by atoms with Crippen molar-refractivity contribution in [1.29, 1.82) is 0 Å². The predicted octanol–water partition coefficient (Wildman–Crippen LogP) is 4.09. The molecule has 0 saturated carbocycles. The van der Waals surface area contributed by atoms with Crippen LogP contribution < -0.4 is 14.8 Å². The molecule has 0 heterocycles. The molecule has 0 unspecified atom stereocenters. The number of rotatable bonds is 7. The molecule has 0 atom stereocenters. The number of carboxylic acids is 1. The van der Waals surface area contributed by atoms with Crippen LogP contribution >= 0.6 is 11.6 Å². The van der Waals surface area contributed by atoms with Gasteiger partial charge in [0.1, 0.15) is 17.1 Å². The van der Waals surface area contributed by atoms with E-state index >= 15 is 0 Å². The van der Waals surface area contributed by atoms with Crippen LogP contribution in [0, 0.1) is 0 Å². The molecule has 7 heteroatoms. The van der Waals surface area contributed by atoms with E-state index in [0.717, 1.165) is 0 Å². The summed E-state index contributed by atoms with van der Waals surface area (Å²) in [5.74, 6) is -0.924. The van der Waals surface area contributed by atoms with E-state index in [1.54, 1.807) is 19.1 Å². The fraction of sp³-hybridized carbons (Fsp3) is 0.222. The third-order valence-corrected chi connectivity index (χ3v) is 3.49. The zero-order chi connectivity index (χ0) is 18.4. The summed E-state index contributed by atoms with van der Waals surface area (Å²) >= 11 is 5.97. The molecule has 0 aliphatic carbocycles. The van der Waals surface area contributed by atoms with Gasteiger partial charge in [-0.2, -0.15) is 0 Å². The molecular weight excluding hydrogens is 346 g/mol. The Bertz CT molecular complexity index is 791. The summed E-state index contributed by atoms with van der Waals surface area (Å²) in [6, 6.07) is 9.11. The highest BCUT2D eigenvalue weighted by molar-refractivity contribution is 6.31. The molecule has 1 amide bonds. The lowest BCUT2D eigenvalue weighted by Crippen LogP contribution is -2.14. The van der Waals surface area contributed by atoms with Gasteiger partial charge in [0.15, 0.2) is 0 Å². The standard InChI is InChI=1S/C18H18ClNO5/c1-3-24-15-8-5-11(19)9-14(15)17(21)20-12-6-7-13(18(22)23)16(10-12)25-4-2/h5-10H,3-4H2,1-2H3,(H,20,21)(H,22,23). The molecule has 6 nitrogen and oxygen atoms in total. The molecule has 0 bridgehead atoms. The molecular formula is C18H18ClNO5. The minimum atomic E-state index is -1.10. The van der Waals surface area contributed by atoms with E-state index in [-0.39, 0.29) is 16.9 Å². The van der Waals surface area contributed by atoms with Crippen LogP contribution in [-0.4, -0.2) is 30.2 Å². The van der Waals surface area contributed by atoms with Crippen molar-refractivity contribution in [2.24, 2.45) is 0 Å². The number of amides is 1. The van der Waals surface area contributed by atoms with Crippen LogP contribution in [0.1, 0.15) is 34.6 Å². The molecule has 0 saturated heterocycles. The number of hydrogen-bond acceptors (Lipinski definition) is 4. The topological polar surface area (TPSA) is 84.9 Å². The number of aromatic carboxylic acids is 1. The molecule has 0 aliphatic rings. The van der Waals surface area contributed by atoms with Gasteiger partial charge >= 0.3 is 5.97 Å². The van der Waals surface area contributed by atoms with Crippen LogP contribution in [0.5, 0.6) is 11.5 Å². The van der Waals surface area contributed by atoms with Gasteiger partial charge in [-0.15, -0.1) is 0 Å². The van der Waals surface area contributed by atoms with Crippen molar-refractivity contribution in [3.63, 3.8) is 0 Å². The first-order valence-corrected chi connectivity index (χ1v) is 8.07. The molecule has 0 aromatic heterocycles. The molecule has 0 fully saturated rings. The monoisotopic (exact) mass is 363 g/mol. The van der Waals surface area contributed by atoms with Crippen molar-refractivity contribution in [3.05, 3.63) is 52.5 Å². The quantitative estimate of drug-likeness (QED) is 0.774. The van der Waals surface area contributed by atoms with E-state index in [4.69, 9.17) is 21.1 Å². The Hall–Kier alpha value is -2.73. The zero-order valence-corrected chi connectivity index (χ0v) is 14.6. The second-order valence-electron chi connectivity index (χ2n) is 4.98. The number of benzene rings is 2. The number of carbonyl (C=O) groups excluding carboxylic acids is 1. The highest BCUT2D eigenvalue weighted by Gasteiger charge is 2.16. The highest BCUT2D eigenvalue weighted by Crippen LogP contribution is 2.27. The average molecular weight is 364 g/mol. The first-order valence-electron chi connectivity index (χ1n) is 7.70. The molecule has 0 radical (unpaired) electrons. The fourth-order valence-electron chi connectivity index (χ4n) is 2.21. The van der Waals surface area contributed by atoms with Gasteiger partial charge in [0.25, 0.3) is 5.91 Å². The first kappa shape index (κ1) is 18.6. The van der Waals surface area contributed by atoms with Gasteiger partial charge < -0.3 is 19.9 Å². The Morgan fingerprint density at radius 3 is 2.32 bits per heavy atom. The lowest BCUT2D eigenvalue weighted by molar-refractivity contribution is 0.0692. The Balaban J connectivity index is 2.30. The molecule has 25 heavy (non-hydrogen) atoms. The number of carbonyl (C=O) groups is 2. The van der Waals surface area contributed by atoms with Crippen molar-refractivity contribution in [2.45, 2.75) is 13.8 Å². The Kier molecular flexibility index (Phi) is 6.25. The van der Waals surface area contributed by atoms with Crippen molar-refractivity contribution >= 4 is 29.2 Å². The fourth-order valence-corrected chi connectivity index (χ4v) is 2.38. The summed E-state index contributed by atoms with van der Waals surface area (Å²) in [6.07, 6.45) is 0. The van der Waals surface area contributed by atoms with Gasteiger partial charge in [-0.25, -0.2) is 4.79 Å². The SMILES string of the molecule is CCOc1cc(NC(=O)c2cc(Cl)ccc2OCC)ccc1C(=O)O. The van der Waals surface area contributed by atoms with Gasteiger partial charge in [0.05, 0.1) is 18.8 Å². The van der Waals surface area contributed by atoms with Crippen molar-refractivity contribution in [3.8, 4) is 11.5 Å². The van der Waals surface area contributed by atoms with Crippen LogP contribution in [0.4, 0.5) is 5.69 Å². The lowest BCUT2D eigenvalue weighted by atomic mass is 10.1. The molecule has 0 spiro atoms. The number of nitrogens with one attached hydrogen (secondary N) is 1. The van der Waals surface area contributed by atoms with E-state index in [2.05, 4.69) is 5.32 Å². The maximum Gasteiger partial charge on any atom is 0.339 e. The largest absolute Gasteiger partial charge is 0.493 e. The number of carboxylic acid groups (broad SMARTS) is 1. The smallest absolute Gasteiger partial charge is 0.339 e. The van der Waals surface area contributed by atoms with Crippen LogP contribution in [-0.2, 0) is 0 Å². The normalized spacial score (nSPS) is 10.2. The molecule has 132 valence electrons. The van der Waals surface area contributed by atoms with E-state index in [0.29, 0.717) is 29.7 Å². The average Bonchev–Trinajstić information content (AvgIpc) is 2.57. The van der Waals surface area contributed by atoms with Crippen molar-refractivity contribution < 1.29 is 24.2 Å². The van der Waals surface area contributed by atoms with E-state index in [1.165, 1.54) is 24.3 Å². The number of ether oxygens (including phenoxy) is 2. The van der Waals surface area contributed by atoms with Crippen LogP contribution in [0.15, 0.2) is 36.4 Å². The summed E-state index contributed by atoms with van der Waals surface area (Å²) in [5.41, 5.74) is 0.716. The van der Waals surface area contributed by atoms with Crippen molar-refractivity contribution in [1.82, 2.24) is 0 Å². The third kappa shape index (κ3) is 4.64. The van der Waals surface area contributed by atoms with Crippen LogP contribution in [0.2, 0.25) is 5.02 Å². The summed E-state index contributed by atoms with van der Waals surface area (Å²) in [4.78, 5) is 23.8. The van der Waals surface area contributed by atoms with Crippen LogP contribution in [0.25, 0.3) is 0 Å². The number of halogens is 1. The Morgan fingerprint density at radius 1 is 1.00 bits per heavy atom. The second kappa shape index (κ2) is 8.39. The van der Waals surface area contributed by atoms with Crippen molar-refractivity contribution in [2.75, 3.05) is 18.5 Å². The molecule has 0 aliphatic heterocycles. The van der Waals surface area contributed by atoms with E-state index < -0.39 is 11.9 Å². The predicted molar refractivity (Wildman–Crippen MR) is 95.1 cm³/mol. The summed E-state index contributed by atoms with van der Waals surface area (Å²) in [7, 11) is 0. The van der Waals surface area contributed by atoms with Gasteiger partial charge in [-0.1, -0.05) is 11.6 Å². The summed E-state index contributed by atoms with van der Waals surface area (Å²) in [6.45, 7) is 4.27. The Morgan fingerprint density at radius 2 is 1.68 bits per heavy atom. The van der Waals surface area contributed by atoms with Gasteiger partial charge in [-0.3, -0.25) is 4.79 Å². The number of hydrogen-bond donors (Lipinski definition) is 2. The van der Waals surface area contributed by atoms with E-state index in [9.17, 15) is 14.7 Å². The Labute approximate surface area is 150 Å².